The summed E-state index contributed by atoms with van der Waals surface area (Å²) in [5.41, 5.74) is -0.358. The minimum absolute atomic E-state index is 0.0289. The van der Waals surface area contributed by atoms with Crippen LogP contribution in [0.2, 0.25) is 11.6 Å². The molecule has 220 valence electrons. The zero-order chi connectivity index (χ0) is 29.0. The van der Waals surface area contributed by atoms with E-state index in [9.17, 15) is 19.2 Å². The van der Waals surface area contributed by atoms with Crippen LogP contribution in [-0.4, -0.2) is 40.8 Å². The van der Waals surface area contributed by atoms with E-state index < -0.39 is 25.2 Å². The fourth-order valence-corrected chi connectivity index (χ4v) is 9.53. The predicted octanol–water partition coefficient (Wildman–Crippen LogP) is 6.20. The Hall–Kier alpha value is -1.70. The quantitative estimate of drug-likeness (QED) is 0.159. The normalized spacial score (nSPS) is 26.9. The van der Waals surface area contributed by atoms with Gasteiger partial charge >= 0.3 is 8.56 Å². The lowest BCUT2D eigenvalue weighted by molar-refractivity contribution is -0.125. The molecular weight excluding hydrogens is 504 g/mol. The maximum Gasteiger partial charge on any atom is 0.340 e. The molecular formula is C32H54N2O4Si. The van der Waals surface area contributed by atoms with E-state index in [4.69, 9.17) is 0 Å². The first-order valence-electron chi connectivity index (χ1n) is 15.4. The molecule has 7 heteroatoms. The Morgan fingerprint density at radius 3 is 2.26 bits per heavy atom. The van der Waals surface area contributed by atoms with Crippen LogP contribution in [0.5, 0.6) is 0 Å². The van der Waals surface area contributed by atoms with Gasteiger partial charge in [-0.05, 0) is 69.7 Å². The number of nitrogens with one attached hydrogen (secondary N) is 2. The van der Waals surface area contributed by atoms with Gasteiger partial charge in [0.05, 0.1) is 0 Å². The van der Waals surface area contributed by atoms with Crippen LogP contribution in [0.25, 0.3) is 0 Å². The van der Waals surface area contributed by atoms with Gasteiger partial charge in [0, 0.05) is 29.1 Å². The van der Waals surface area contributed by atoms with Crippen molar-refractivity contribution >= 4 is 20.1 Å². The number of hydrogen-bond donors (Lipinski definition) is 4. The average Bonchev–Trinajstić information content (AvgIpc) is 3.37. The van der Waals surface area contributed by atoms with Crippen LogP contribution in [0.4, 0.5) is 0 Å². The summed E-state index contributed by atoms with van der Waals surface area (Å²) in [6, 6.07) is 0.356. The van der Waals surface area contributed by atoms with E-state index in [1.165, 1.54) is 6.42 Å². The number of carbonyl (C=O) groups excluding carboxylic acids is 2. The third-order valence-electron chi connectivity index (χ3n) is 9.25. The zero-order valence-electron chi connectivity index (χ0n) is 25.5. The van der Waals surface area contributed by atoms with Gasteiger partial charge in [-0.2, -0.15) is 0 Å². The summed E-state index contributed by atoms with van der Waals surface area (Å²) in [4.78, 5) is 51.9. The summed E-state index contributed by atoms with van der Waals surface area (Å²) >= 11 is 0. The Balaban J connectivity index is 1.98. The SMILES string of the molecule is CCC1(CC=C(C)C)NC=C(C2(CC(C)C)NC=C(C(CC3CCCCC3)[Si](O)(O)CCC(C)C)C2=O)C1=O. The van der Waals surface area contributed by atoms with Crippen molar-refractivity contribution in [2.24, 2.45) is 17.8 Å². The van der Waals surface area contributed by atoms with Crippen LogP contribution in [0.3, 0.4) is 0 Å². The Morgan fingerprint density at radius 1 is 1.03 bits per heavy atom. The summed E-state index contributed by atoms with van der Waals surface area (Å²) in [7, 11) is -3.76. The van der Waals surface area contributed by atoms with Gasteiger partial charge in [0.25, 0.3) is 0 Å². The molecule has 3 unspecified atom stereocenters. The topological polar surface area (TPSA) is 98.7 Å². The molecule has 3 aliphatic rings. The highest BCUT2D eigenvalue weighted by Crippen LogP contribution is 2.47. The minimum Gasteiger partial charge on any atom is -0.410 e. The van der Waals surface area contributed by atoms with Crippen LogP contribution in [0.1, 0.15) is 113 Å². The molecule has 1 fully saturated rings. The molecule has 39 heavy (non-hydrogen) atoms. The van der Waals surface area contributed by atoms with E-state index in [2.05, 4.69) is 44.4 Å². The molecule has 6 nitrogen and oxygen atoms in total. The van der Waals surface area contributed by atoms with Crippen LogP contribution >= 0.6 is 0 Å². The fourth-order valence-electron chi connectivity index (χ4n) is 6.76. The van der Waals surface area contributed by atoms with Gasteiger partial charge in [-0.25, -0.2) is 0 Å². The van der Waals surface area contributed by atoms with E-state index in [1.807, 2.05) is 20.8 Å². The Morgan fingerprint density at radius 2 is 1.69 bits per heavy atom. The van der Waals surface area contributed by atoms with E-state index in [0.717, 1.165) is 37.7 Å². The van der Waals surface area contributed by atoms with E-state index >= 15 is 0 Å². The lowest BCUT2D eigenvalue weighted by Gasteiger charge is -2.36. The van der Waals surface area contributed by atoms with Crippen molar-refractivity contribution < 1.29 is 19.2 Å². The molecule has 3 rings (SSSR count). The van der Waals surface area contributed by atoms with Crippen molar-refractivity contribution in [2.45, 2.75) is 135 Å². The largest absolute Gasteiger partial charge is 0.410 e. The summed E-state index contributed by atoms with van der Waals surface area (Å²) in [6.07, 6.45) is 14.3. The molecule has 0 amide bonds. The second kappa shape index (κ2) is 12.9. The lowest BCUT2D eigenvalue weighted by Crippen LogP contribution is -2.54. The molecule has 2 heterocycles. The Bertz CT molecular complexity index is 988. The van der Waals surface area contributed by atoms with Gasteiger partial charge in [-0.3, -0.25) is 9.59 Å². The van der Waals surface area contributed by atoms with Crippen molar-refractivity contribution in [1.82, 2.24) is 10.6 Å². The first kappa shape index (κ1) is 31.8. The molecule has 0 aromatic rings. The third kappa shape index (κ3) is 6.96. The fraction of sp³-hybridized carbons (Fsp3) is 0.750. The summed E-state index contributed by atoms with van der Waals surface area (Å²) in [6.45, 7) is 14.4. The molecule has 1 aliphatic carbocycles. The predicted molar refractivity (Wildman–Crippen MR) is 161 cm³/mol. The first-order chi connectivity index (χ1) is 18.3. The number of Topliss-reactive ketones (excluding diaryl/α,β-unsaturated/α-hetero) is 2. The number of carbonyl (C=O) groups is 2. The summed E-state index contributed by atoms with van der Waals surface area (Å²) in [5.74, 6) is 0.734. The number of rotatable bonds is 13. The van der Waals surface area contributed by atoms with Crippen molar-refractivity contribution in [3.05, 3.63) is 35.2 Å². The number of hydrogen-bond acceptors (Lipinski definition) is 6. The third-order valence-corrected chi connectivity index (χ3v) is 11.9. The average molecular weight is 559 g/mol. The van der Waals surface area contributed by atoms with Gasteiger partial charge in [-0.1, -0.05) is 78.4 Å². The van der Waals surface area contributed by atoms with Crippen molar-refractivity contribution in [3.8, 4) is 0 Å². The Labute approximate surface area is 238 Å². The molecule has 0 spiro atoms. The van der Waals surface area contributed by atoms with E-state index in [1.54, 1.807) is 12.4 Å². The van der Waals surface area contributed by atoms with Crippen molar-refractivity contribution in [2.75, 3.05) is 0 Å². The smallest absolute Gasteiger partial charge is 0.340 e. The van der Waals surface area contributed by atoms with E-state index in [0.29, 0.717) is 54.7 Å². The second-order valence-electron chi connectivity index (χ2n) is 13.6. The highest BCUT2D eigenvalue weighted by atomic mass is 28.4. The maximum atomic E-state index is 14.6. The van der Waals surface area contributed by atoms with Gasteiger partial charge in [0.2, 0.25) is 0 Å². The number of allylic oxidation sites excluding steroid dienone is 1. The molecule has 3 atom stereocenters. The first-order valence-corrected chi connectivity index (χ1v) is 17.6. The highest BCUT2D eigenvalue weighted by Gasteiger charge is 2.57. The molecule has 4 N–H and O–H groups in total. The lowest BCUT2D eigenvalue weighted by atomic mass is 9.73. The molecule has 0 aromatic heterocycles. The number of ketones is 2. The molecule has 1 saturated carbocycles. The Kier molecular flexibility index (Phi) is 10.5. The summed E-state index contributed by atoms with van der Waals surface area (Å²) in [5, 5.41) is 6.78. The maximum absolute atomic E-state index is 14.6. The van der Waals surface area contributed by atoms with Crippen LogP contribution in [-0.2, 0) is 9.59 Å². The van der Waals surface area contributed by atoms with Crippen LogP contribution < -0.4 is 10.6 Å². The standard InChI is InChI=1S/C32H54N2O4Si/c1-8-31(16-14-22(2)3)30(36)27(21-33-31)32(19-24(6)7)29(35)26(20-34-32)28(18-25-12-10-9-11-13-25)39(37,38)17-15-23(4)5/h14,20-21,23-25,28,33-34,37-38H,8-13,15-19H2,1-7H3. The molecule has 0 bridgehead atoms. The molecule has 2 aliphatic heterocycles. The van der Waals surface area contributed by atoms with Crippen molar-refractivity contribution in [3.63, 3.8) is 0 Å². The minimum atomic E-state index is -3.76. The van der Waals surface area contributed by atoms with Gasteiger partial charge in [0.15, 0.2) is 11.6 Å². The van der Waals surface area contributed by atoms with Crippen LogP contribution in [0.15, 0.2) is 35.2 Å². The molecule has 0 radical (unpaired) electrons. The van der Waals surface area contributed by atoms with Gasteiger partial charge < -0.3 is 20.2 Å². The molecule has 0 aromatic carbocycles. The van der Waals surface area contributed by atoms with E-state index in [-0.39, 0.29) is 17.5 Å². The second-order valence-corrected chi connectivity index (χ2v) is 16.6. The van der Waals surface area contributed by atoms with Gasteiger partial charge in [-0.15, -0.1) is 0 Å². The highest BCUT2D eigenvalue weighted by molar-refractivity contribution is 6.67. The van der Waals surface area contributed by atoms with Crippen LogP contribution in [0, 0.1) is 17.8 Å². The monoisotopic (exact) mass is 558 g/mol. The summed E-state index contributed by atoms with van der Waals surface area (Å²) < 4.78 is 0. The molecule has 0 saturated heterocycles. The van der Waals surface area contributed by atoms with Crippen molar-refractivity contribution in [1.29, 1.82) is 0 Å². The van der Waals surface area contributed by atoms with Gasteiger partial charge in [0.1, 0.15) is 11.1 Å². The zero-order valence-corrected chi connectivity index (χ0v) is 26.5.